The zero-order valence-corrected chi connectivity index (χ0v) is 12.5. The zero-order chi connectivity index (χ0) is 14.7. The molecule has 0 spiro atoms. The lowest BCUT2D eigenvalue weighted by atomic mass is 9.65. The number of aliphatic carboxylic acids is 1. The van der Waals surface area contributed by atoms with E-state index in [2.05, 4.69) is 0 Å². The number of ether oxygens (including phenoxy) is 1. The fourth-order valence-corrected chi connectivity index (χ4v) is 1.95. The fourth-order valence-electron chi connectivity index (χ4n) is 1.95. The van der Waals surface area contributed by atoms with Gasteiger partial charge in [0.1, 0.15) is 6.10 Å². The van der Waals surface area contributed by atoms with Crippen molar-refractivity contribution in [1.29, 1.82) is 0 Å². The number of hydrogen-bond donors (Lipinski definition) is 1. The van der Waals surface area contributed by atoms with Gasteiger partial charge in [-0.2, -0.15) is 0 Å². The Morgan fingerprint density at radius 3 is 1.83 bits per heavy atom. The molecular formula is C14H26O4. The first-order valence-corrected chi connectivity index (χ1v) is 6.45. The summed E-state index contributed by atoms with van der Waals surface area (Å²) in [5, 5.41) is 9.48. The lowest BCUT2D eigenvalue weighted by Crippen LogP contribution is -2.51. The summed E-state index contributed by atoms with van der Waals surface area (Å²) >= 11 is 0. The summed E-state index contributed by atoms with van der Waals surface area (Å²) in [6, 6.07) is 0. The van der Waals surface area contributed by atoms with Crippen molar-refractivity contribution in [2.24, 2.45) is 16.7 Å². The third-order valence-electron chi connectivity index (χ3n) is 3.76. The van der Waals surface area contributed by atoms with Crippen molar-refractivity contribution in [3.05, 3.63) is 0 Å². The molecule has 2 atom stereocenters. The van der Waals surface area contributed by atoms with Crippen molar-refractivity contribution in [2.45, 2.75) is 61.0 Å². The van der Waals surface area contributed by atoms with Crippen LogP contribution in [0.5, 0.6) is 0 Å². The Bertz CT molecular complexity index is 314. The largest absolute Gasteiger partial charge is 0.480 e. The number of carbonyl (C=O) groups is 2. The number of carbonyl (C=O) groups excluding carboxylic acids is 1. The molecular weight excluding hydrogens is 232 g/mol. The van der Waals surface area contributed by atoms with Crippen molar-refractivity contribution in [3.63, 3.8) is 0 Å². The molecule has 106 valence electrons. The first-order chi connectivity index (χ1) is 8.00. The van der Waals surface area contributed by atoms with Crippen LogP contribution in [0.4, 0.5) is 0 Å². The van der Waals surface area contributed by atoms with E-state index >= 15 is 0 Å². The molecule has 0 heterocycles. The summed E-state index contributed by atoms with van der Waals surface area (Å²) in [7, 11) is 0. The molecule has 0 bridgehead atoms. The average Bonchev–Trinajstić information content (AvgIpc) is 2.15. The molecule has 0 aromatic carbocycles. The van der Waals surface area contributed by atoms with Gasteiger partial charge >= 0.3 is 11.9 Å². The zero-order valence-electron chi connectivity index (χ0n) is 12.5. The van der Waals surface area contributed by atoms with E-state index in [0.717, 1.165) is 0 Å². The van der Waals surface area contributed by atoms with Gasteiger partial charge < -0.3 is 9.84 Å². The van der Waals surface area contributed by atoms with Crippen LogP contribution in [0.15, 0.2) is 0 Å². The van der Waals surface area contributed by atoms with E-state index in [0.29, 0.717) is 0 Å². The summed E-state index contributed by atoms with van der Waals surface area (Å²) < 4.78 is 5.34. The summed E-state index contributed by atoms with van der Waals surface area (Å²) in [5.74, 6) is -1.58. The molecule has 4 nitrogen and oxygen atoms in total. The van der Waals surface area contributed by atoms with E-state index in [9.17, 15) is 14.7 Å². The van der Waals surface area contributed by atoms with Gasteiger partial charge in [0, 0.05) is 0 Å². The fraction of sp³-hybridized carbons (Fsp3) is 0.857. The summed E-state index contributed by atoms with van der Waals surface area (Å²) in [4.78, 5) is 23.9. The third-order valence-corrected chi connectivity index (χ3v) is 3.76. The van der Waals surface area contributed by atoms with Crippen LogP contribution in [0.1, 0.15) is 54.9 Å². The minimum atomic E-state index is -1.49. The van der Waals surface area contributed by atoms with Crippen LogP contribution in [0.25, 0.3) is 0 Å². The molecule has 0 rings (SSSR count). The molecule has 0 aliphatic heterocycles. The first kappa shape index (κ1) is 16.9. The molecule has 0 radical (unpaired) electrons. The van der Waals surface area contributed by atoms with Crippen molar-refractivity contribution >= 4 is 11.9 Å². The van der Waals surface area contributed by atoms with Gasteiger partial charge in [-0.05, 0) is 24.7 Å². The third kappa shape index (κ3) is 3.03. The van der Waals surface area contributed by atoms with Gasteiger partial charge in [-0.15, -0.1) is 0 Å². The molecule has 0 aliphatic rings. The minimum Gasteiger partial charge on any atom is -0.480 e. The maximum Gasteiger partial charge on any atom is 0.324 e. The lowest BCUT2D eigenvalue weighted by molar-refractivity contribution is -0.182. The topological polar surface area (TPSA) is 63.6 Å². The Kier molecular flexibility index (Phi) is 5.38. The second kappa shape index (κ2) is 5.72. The highest BCUT2D eigenvalue weighted by Gasteiger charge is 2.55. The van der Waals surface area contributed by atoms with Crippen LogP contribution >= 0.6 is 0 Å². The maximum absolute atomic E-state index is 12.3. The van der Waals surface area contributed by atoms with Gasteiger partial charge in [0.05, 0.1) is 0 Å². The van der Waals surface area contributed by atoms with E-state index in [1.165, 1.54) is 0 Å². The Labute approximate surface area is 110 Å². The van der Waals surface area contributed by atoms with Crippen LogP contribution in [-0.4, -0.2) is 23.1 Å². The van der Waals surface area contributed by atoms with E-state index in [-0.39, 0.29) is 18.4 Å². The molecule has 0 fully saturated rings. The standard InChI is InChI=1S/C14H26O4/c1-8-14(11(15)16,13(5,6)7)12(17)18-10(4)9(2)3/h9-10H,8H2,1-7H3,(H,15,16). The summed E-state index contributed by atoms with van der Waals surface area (Å²) in [6.45, 7) is 12.6. The number of hydrogen-bond acceptors (Lipinski definition) is 3. The molecule has 0 aromatic rings. The number of carboxylic acid groups (broad SMARTS) is 1. The first-order valence-electron chi connectivity index (χ1n) is 6.45. The highest BCUT2D eigenvalue weighted by Crippen LogP contribution is 2.43. The molecule has 0 aliphatic carbocycles. The smallest absolute Gasteiger partial charge is 0.324 e. The Morgan fingerprint density at radius 2 is 1.61 bits per heavy atom. The van der Waals surface area contributed by atoms with E-state index in [1.807, 2.05) is 13.8 Å². The quantitative estimate of drug-likeness (QED) is 0.608. The normalized spacial score (nSPS) is 17.1. The summed E-state index contributed by atoms with van der Waals surface area (Å²) in [6.07, 6.45) is -0.0692. The van der Waals surface area contributed by atoms with Crippen LogP contribution in [-0.2, 0) is 14.3 Å². The molecule has 18 heavy (non-hydrogen) atoms. The molecule has 0 saturated heterocycles. The van der Waals surface area contributed by atoms with E-state index in [1.54, 1.807) is 34.6 Å². The maximum atomic E-state index is 12.3. The Hall–Kier alpha value is -1.06. The van der Waals surface area contributed by atoms with Crippen LogP contribution in [0.3, 0.4) is 0 Å². The molecule has 0 saturated carbocycles. The van der Waals surface area contributed by atoms with Gasteiger partial charge in [0.2, 0.25) is 0 Å². The van der Waals surface area contributed by atoms with Crippen molar-refractivity contribution in [3.8, 4) is 0 Å². The lowest BCUT2D eigenvalue weighted by Gasteiger charge is -2.39. The van der Waals surface area contributed by atoms with Crippen molar-refractivity contribution in [1.82, 2.24) is 0 Å². The van der Waals surface area contributed by atoms with Crippen LogP contribution in [0.2, 0.25) is 0 Å². The highest BCUT2D eigenvalue weighted by atomic mass is 16.5. The van der Waals surface area contributed by atoms with E-state index < -0.39 is 22.8 Å². The van der Waals surface area contributed by atoms with Gasteiger partial charge in [-0.25, -0.2) is 0 Å². The van der Waals surface area contributed by atoms with Gasteiger partial charge in [0.25, 0.3) is 0 Å². The minimum absolute atomic E-state index is 0.164. The van der Waals surface area contributed by atoms with E-state index in [4.69, 9.17) is 4.74 Å². The van der Waals surface area contributed by atoms with Gasteiger partial charge in [0.15, 0.2) is 5.41 Å². The number of rotatable bonds is 5. The predicted octanol–water partition coefficient (Wildman–Crippen LogP) is 3.10. The molecule has 4 heteroatoms. The molecule has 0 amide bonds. The molecule has 1 N–H and O–H groups in total. The van der Waals surface area contributed by atoms with Crippen molar-refractivity contribution in [2.75, 3.05) is 0 Å². The second-order valence-electron chi connectivity index (χ2n) is 6.17. The predicted molar refractivity (Wildman–Crippen MR) is 70.2 cm³/mol. The number of esters is 1. The van der Waals surface area contributed by atoms with Gasteiger partial charge in [-0.1, -0.05) is 41.5 Å². The second-order valence-corrected chi connectivity index (χ2v) is 6.17. The highest BCUT2D eigenvalue weighted by molar-refractivity contribution is 6.00. The monoisotopic (exact) mass is 258 g/mol. The molecule has 2 unspecified atom stereocenters. The Balaban J connectivity index is 5.36. The average molecular weight is 258 g/mol. The van der Waals surface area contributed by atoms with Crippen LogP contribution < -0.4 is 0 Å². The van der Waals surface area contributed by atoms with Gasteiger partial charge in [-0.3, -0.25) is 9.59 Å². The number of carboxylic acids is 1. The Morgan fingerprint density at radius 1 is 1.17 bits per heavy atom. The van der Waals surface area contributed by atoms with Crippen molar-refractivity contribution < 1.29 is 19.4 Å². The molecule has 0 aromatic heterocycles. The summed E-state index contributed by atoms with van der Waals surface area (Å²) in [5.41, 5.74) is -2.18. The van der Waals surface area contributed by atoms with Crippen LogP contribution in [0, 0.1) is 16.7 Å². The SMILES string of the molecule is CCC(C(=O)O)(C(=O)OC(C)C(C)C)C(C)(C)C.